The van der Waals surface area contributed by atoms with E-state index in [1.807, 2.05) is 13.8 Å². The quantitative estimate of drug-likeness (QED) is 0.350. The van der Waals surface area contributed by atoms with Crippen molar-refractivity contribution >= 4 is 27.5 Å². The third-order valence-corrected chi connectivity index (χ3v) is 10.0. The monoisotopic (exact) mass is 701 g/mol. The van der Waals surface area contributed by atoms with Crippen molar-refractivity contribution in [1.29, 1.82) is 0 Å². The number of nitrogens with zero attached hydrogens (tertiary/aromatic N) is 2. The Balaban J connectivity index is 1.93. The molecule has 0 saturated heterocycles. The van der Waals surface area contributed by atoms with Gasteiger partial charge in [-0.05, 0) is 75.6 Å². The zero-order chi connectivity index (χ0) is 35.6. The molecule has 0 unspecified atom stereocenters. The van der Waals surface area contributed by atoms with Crippen LogP contribution >= 0.6 is 0 Å². The maximum Gasteiger partial charge on any atom is 0.389 e. The van der Waals surface area contributed by atoms with Crippen LogP contribution in [0.15, 0.2) is 47.4 Å². The Kier molecular flexibility index (Phi) is 14.1. The van der Waals surface area contributed by atoms with E-state index in [1.54, 1.807) is 19.1 Å². The average Bonchev–Trinajstić information content (AvgIpc) is 3.04. The van der Waals surface area contributed by atoms with Crippen molar-refractivity contribution < 1.29 is 50.5 Å². The summed E-state index contributed by atoms with van der Waals surface area (Å²) in [6.07, 6.45) is -5.55. The molecule has 1 heterocycles. The summed E-state index contributed by atoms with van der Waals surface area (Å²) < 4.78 is 83.6. The van der Waals surface area contributed by atoms with Gasteiger partial charge in [0.1, 0.15) is 11.5 Å². The Morgan fingerprint density at radius 3 is 2.48 bits per heavy atom. The van der Waals surface area contributed by atoms with Crippen LogP contribution in [-0.2, 0) is 19.6 Å². The Hall–Kier alpha value is -3.40. The molecule has 15 heteroatoms. The zero-order valence-electron chi connectivity index (χ0n) is 28.0. The molecule has 0 aromatic heterocycles. The molecule has 0 bridgehead atoms. The molecular formula is C33H46F3N3O8S. The van der Waals surface area contributed by atoms with Crippen LogP contribution in [0.2, 0.25) is 0 Å². The third kappa shape index (κ3) is 11.1. The number of anilines is 1. The number of fused-ring (bicyclic) bond motifs is 1. The largest absolute Gasteiger partial charge is 0.497 e. The molecule has 1 aliphatic rings. The van der Waals surface area contributed by atoms with Gasteiger partial charge in [0.25, 0.3) is 5.91 Å². The Bertz CT molecular complexity index is 1470. The lowest BCUT2D eigenvalue weighted by molar-refractivity contribution is -0.142. The number of nitrogens with one attached hydrogen (secondary N) is 1. The molecule has 2 N–H and O–H groups in total. The molecule has 2 amide bonds. The number of aliphatic hydroxyl groups excluding tert-OH is 1. The second kappa shape index (κ2) is 17.3. The van der Waals surface area contributed by atoms with Crippen molar-refractivity contribution in [3.05, 3.63) is 48.0 Å². The maximum absolute atomic E-state index is 14.2. The van der Waals surface area contributed by atoms with E-state index in [4.69, 9.17) is 14.2 Å². The number of halogens is 3. The lowest BCUT2D eigenvalue weighted by Crippen LogP contribution is -2.48. The molecule has 0 spiro atoms. The molecule has 11 nitrogen and oxygen atoms in total. The van der Waals surface area contributed by atoms with Gasteiger partial charge in [-0.25, -0.2) is 8.42 Å². The number of sulfonamides is 1. The normalized spacial score (nSPS) is 20.8. The first-order valence-corrected chi connectivity index (χ1v) is 17.3. The molecule has 2 aromatic rings. The number of carbonyl (C=O) groups excluding carboxylic acids is 2. The SMILES string of the molecule is COc1ccc(S(=O)(=O)N(C)C[C@H]2OCCCC[C@H](C)Oc3ccc(NC(=O)CCC(F)(F)F)cc3C(=O)N([C@@H](C)CO)C[C@H]2C)cc1. The first-order valence-electron chi connectivity index (χ1n) is 15.9. The number of rotatable bonds is 10. The van der Waals surface area contributed by atoms with Crippen LogP contribution < -0.4 is 14.8 Å². The van der Waals surface area contributed by atoms with Gasteiger partial charge in [0.05, 0.1) is 48.8 Å². The van der Waals surface area contributed by atoms with Crippen molar-refractivity contribution in [2.45, 2.75) is 82.2 Å². The standard InChI is InChI=1S/C33H46F3N3O8S/c1-22-19-39(23(2)21-40)32(42)28-18-25(37-31(41)15-16-33(34,35)36)9-14-29(28)47-24(3)8-6-7-17-46-30(22)20-38(4)48(43,44)27-12-10-26(45-5)11-13-27/h9-14,18,22-24,30,40H,6-8,15-17,19-21H2,1-5H3,(H,37,41)/t22-,23+,24+,30-/m1/s1. The lowest BCUT2D eigenvalue weighted by atomic mass is 10.0. The molecule has 0 saturated carbocycles. The average molecular weight is 702 g/mol. The van der Waals surface area contributed by atoms with Gasteiger partial charge in [0, 0.05) is 44.8 Å². The predicted octanol–water partition coefficient (Wildman–Crippen LogP) is 5.09. The zero-order valence-corrected chi connectivity index (χ0v) is 28.8. The van der Waals surface area contributed by atoms with Gasteiger partial charge in [-0.15, -0.1) is 0 Å². The van der Waals surface area contributed by atoms with E-state index in [0.717, 1.165) is 0 Å². The Labute approximate surface area is 280 Å². The fourth-order valence-electron chi connectivity index (χ4n) is 5.22. The van der Waals surface area contributed by atoms with Crippen LogP contribution in [0, 0.1) is 5.92 Å². The topological polar surface area (TPSA) is 135 Å². The molecule has 0 aliphatic carbocycles. The molecule has 0 fully saturated rings. The van der Waals surface area contributed by atoms with E-state index in [9.17, 15) is 36.3 Å². The maximum atomic E-state index is 14.2. The summed E-state index contributed by atoms with van der Waals surface area (Å²) >= 11 is 0. The number of aliphatic hydroxyl groups is 1. The second-order valence-corrected chi connectivity index (χ2v) is 14.2. The summed E-state index contributed by atoms with van der Waals surface area (Å²) in [5.41, 5.74) is 0.166. The van der Waals surface area contributed by atoms with Crippen molar-refractivity contribution in [2.24, 2.45) is 5.92 Å². The van der Waals surface area contributed by atoms with Crippen LogP contribution in [0.4, 0.5) is 18.9 Å². The second-order valence-electron chi connectivity index (χ2n) is 12.1. The fourth-order valence-corrected chi connectivity index (χ4v) is 6.40. The molecular weight excluding hydrogens is 655 g/mol. The summed E-state index contributed by atoms with van der Waals surface area (Å²) in [5.74, 6) is -1.10. The number of benzene rings is 2. The minimum atomic E-state index is -4.50. The lowest BCUT2D eigenvalue weighted by Gasteiger charge is -2.35. The minimum absolute atomic E-state index is 0.0186. The van der Waals surface area contributed by atoms with Gasteiger partial charge < -0.3 is 29.5 Å². The van der Waals surface area contributed by atoms with Gasteiger partial charge in [0.2, 0.25) is 15.9 Å². The number of methoxy groups -OCH3 is 1. The van der Waals surface area contributed by atoms with Gasteiger partial charge in [-0.3, -0.25) is 9.59 Å². The smallest absolute Gasteiger partial charge is 0.389 e. The summed E-state index contributed by atoms with van der Waals surface area (Å²) in [5, 5.41) is 12.6. The number of ether oxygens (including phenoxy) is 3. The highest BCUT2D eigenvalue weighted by molar-refractivity contribution is 7.89. The van der Waals surface area contributed by atoms with Crippen LogP contribution in [0.5, 0.6) is 11.5 Å². The van der Waals surface area contributed by atoms with Gasteiger partial charge in [-0.1, -0.05) is 6.92 Å². The third-order valence-electron chi connectivity index (χ3n) is 8.18. The molecule has 268 valence electrons. The van der Waals surface area contributed by atoms with Crippen LogP contribution in [0.25, 0.3) is 0 Å². The van der Waals surface area contributed by atoms with Crippen molar-refractivity contribution in [3.8, 4) is 11.5 Å². The summed E-state index contributed by atoms with van der Waals surface area (Å²) in [7, 11) is -0.960. The number of likely N-dealkylation sites (N-methyl/N-ethyl adjacent to an activating group) is 1. The number of amides is 2. The summed E-state index contributed by atoms with van der Waals surface area (Å²) in [6.45, 7) is 5.30. The van der Waals surface area contributed by atoms with E-state index in [-0.39, 0.29) is 41.1 Å². The molecule has 4 atom stereocenters. The van der Waals surface area contributed by atoms with E-state index in [0.29, 0.717) is 31.6 Å². The van der Waals surface area contributed by atoms with Crippen LogP contribution in [0.1, 0.15) is 63.2 Å². The molecule has 2 aromatic carbocycles. The van der Waals surface area contributed by atoms with Gasteiger partial charge in [-0.2, -0.15) is 17.5 Å². The molecule has 3 rings (SSSR count). The predicted molar refractivity (Wildman–Crippen MR) is 174 cm³/mol. The van der Waals surface area contributed by atoms with E-state index in [1.165, 1.54) is 53.7 Å². The minimum Gasteiger partial charge on any atom is -0.497 e. The van der Waals surface area contributed by atoms with Crippen molar-refractivity contribution in [1.82, 2.24) is 9.21 Å². The summed E-state index contributed by atoms with van der Waals surface area (Å²) in [6, 6.07) is 9.64. The number of hydrogen-bond acceptors (Lipinski definition) is 8. The Morgan fingerprint density at radius 2 is 1.85 bits per heavy atom. The van der Waals surface area contributed by atoms with Crippen LogP contribution in [-0.4, -0.2) is 99.4 Å². The number of alkyl halides is 3. The van der Waals surface area contributed by atoms with E-state index >= 15 is 0 Å². The van der Waals surface area contributed by atoms with Crippen LogP contribution in [0.3, 0.4) is 0 Å². The number of hydrogen-bond donors (Lipinski definition) is 2. The molecule has 1 aliphatic heterocycles. The highest BCUT2D eigenvalue weighted by Crippen LogP contribution is 2.29. The molecule has 48 heavy (non-hydrogen) atoms. The first kappa shape index (κ1) is 39.0. The highest BCUT2D eigenvalue weighted by atomic mass is 32.2. The number of carbonyl (C=O) groups is 2. The van der Waals surface area contributed by atoms with Gasteiger partial charge in [0.15, 0.2) is 0 Å². The molecule has 0 radical (unpaired) electrons. The van der Waals surface area contributed by atoms with Crippen molar-refractivity contribution in [3.63, 3.8) is 0 Å². The van der Waals surface area contributed by atoms with E-state index < -0.39 is 65.5 Å². The highest BCUT2D eigenvalue weighted by Gasteiger charge is 2.33. The Morgan fingerprint density at radius 1 is 1.17 bits per heavy atom. The summed E-state index contributed by atoms with van der Waals surface area (Å²) in [4.78, 5) is 28.0. The first-order chi connectivity index (χ1) is 22.5. The van der Waals surface area contributed by atoms with Crippen molar-refractivity contribution in [2.75, 3.05) is 45.8 Å². The van der Waals surface area contributed by atoms with Gasteiger partial charge >= 0.3 is 6.18 Å². The fraction of sp³-hybridized carbons (Fsp3) is 0.576. The van der Waals surface area contributed by atoms with E-state index in [2.05, 4.69) is 5.32 Å².